The molecule has 0 unspecified atom stereocenters. The van der Waals surface area contributed by atoms with Gasteiger partial charge in [-0.2, -0.15) is 120 Å². The Balaban J connectivity index is -0.000000226. The van der Waals surface area contributed by atoms with Crippen LogP contribution in [0, 0.1) is 59.2 Å². The summed E-state index contributed by atoms with van der Waals surface area (Å²) in [5.74, 6) is 2.45. The molecule has 44 nitrogen and oxygen atoms in total. The molecule has 6 aromatic rings. The standard InChI is InChI=1S/C46H46N16O4.4C2H3N.6CHF3O3S.3Cu.2H2O/c1-9-44(63)65-29-36-20-14-18-34(55-36)25-47-59(5)40-23-42(53-31(3)51-40)61(7)49-27-38-22-39(58-46(57-38)33-16-12-11-13-17-33)28-50-62(8)43-24-41(52-32(4)54-43)60(6)48-26-35-19-15-21-37(56-35)30-66-45(64)10-2;4*1-2-3;6*2-1(3,4)8(5,6)7;;;;;/h9-28H,1-2,29-30H2,3-8H3;4*1H3;6*(H,5,6,7);;;;2*1H2/q;;;;;;;;;;;3*+2;;/p-5/b47-25+,48-26+,49-27+,50-28+;;;;;;;;;;;;;;;. The van der Waals surface area contributed by atoms with E-state index in [-0.39, 0.29) is 75.4 Å². The first-order valence-electron chi connectivity index (χ1n) is 30.6. The molecule has 741 valence electrons. The van der Waals surface area contributed by atoms with Gasteiger partial charge in [0.25, 0.3) is 0 Å². The van der Waals surface area contributed by atoms with Crippen molar-refractivity contribution in [3.63, 3.8) is 0 Å². The summed E-state index contributed by atoms with van der Waals surface area (Å²) in [6.07, 6.45) is 8.57. The first-order valence-corrected chi connectivity index (χ1v) is 39.1. The molecule has 0 saturated heterocycles. The van der Waals surface area contributed by atoms with Crippen molar-refractivity contribution < 1.29 is 238 Å². The zero-order chi connectivity index (χ0) is 99.8. The molecular formula is C60H63Cu3F18N20O24S6+. The van der Waals surface area contributed by atoms with Gasteiger partial charge in [0.15, 0.2) is 89.8 Å². The number of aromatic nitrogens is 8. The summed E-state index contributed by atoms with van der Waals surface area (Å²) in [5, 5.41) is 54.0. The molecule has 0 spiro atoms. The first-order chi connectivity index (χ1) is 57.0. The molecule has 5 N–H and O–H groups in total. The number of aryl methyl sites for hydroxylation is 2. The molecule has 131 heavy (non-hydrogen) atoms. The van der Waals surface area contributed by atoms with Gasteiger partial charge in [0, 0.05) is 85.7 Å². The number of ether oxygens (including phenoxy) is 2. The smallest absolute Gasteiger partial charge is 0.741 e. The van der Waals surface area contributed by atoms with E-state index < -0.39 is 106 Å². The van der Waals surface area contributed by atoms with Gasteiger partial charge in [-0.05, 0) is 44.2 Å². The number of hydrazone groups is 4. The van der Waals surface area contributed by atoms with Crippen LogP contribution in [0.4, 0.5) is 102 Å². The molecule has 3 radical (unpaired) electrons. The number of nitriles is 4. The maximum Gasteiger partial charge on any atom is 2.00 e. The SMILES string of the molecule is C=CC(=O)OCc1cccc(/C=N/N(C)c2cc(N(C)/N=C/c3cc(/C=N/N(C)c4cc(N(C)/N=C/c5cccc(COC(=O)C=C)n5)nc(C)n4)nc(-c4ccccc4)n3)nc(C)n2)n1.CC#N.CC#N.CC#N.CC#N.O.O=S(=O)([O-])C(F)(F)F.O=S(=O)([O-])C(F)(F)F.O=S(=O)([O-])C(F)(F)F.O=S(=O)([O-])C(F)(F)F.O=S(=O)([O-])C(F)(F)F.O=S(=O)([O-])C(F)(F)F.[Cu+2].[Cu+2].[Cu+2].[OH3+]. The number of rotatable bonds is 19. The van der Waals surface area contributed by atoms with Crippen molar-refractivity contribution in [2.45, 2.75) is 87.8 Å². The summed E-state index contributed by atoms with van der Waals surface area (Å²) < 4.78 is 364. The Morgan fingerprint density at radius 3 is 0.771 bits per heavy atom. The predicted molar refractivity (Wildman–Crippen MR) is 402 cm³/mol. The van der Waals surface area contributed by atoms with Gasteiger partial charge in [-0.15, -0.1) is 0 Å². The van der Waals surface area contributed by atoms with Crippen LogP contribution < -0.4 is 20.0 Å². The summed E-state index contributed by atoms with van der Waals surface area (Å²) in [7, 11) is -29.5. The predicted octanol–water partition coefficient (Wildman–Crippen LogP) is 6.14. The van der Waals surface area contributed by atoms with E-state index in [0.717, 1.165) is 17.7 Å². The van der Waals surface area contributed by atoms with Crippen LogP contribution >= 0.6 is 0 Å². The van der Waals surface area contributed by atoms with E-state index >= 15 is 0 Å². The quantitative estimate of drug-likeness (QED) is 0.0101. The zero-order valence-electron chi connectivity index (χ0n) is 66.5. The number of hydrogen-bond acceptors (Lipinski definition) is 42. The van der Waals surface area contributed by atoms with Crippen LogP contribution in [0.5, 0.6) is 0 Å². The van der Waals surface area contributed by atoms with Gasteiger partial charge in [-0.1, -0.05) is 55.6 Å². The van der Waals surface area contributed by atoms with Crippen molar-refractivity contribution in [3.05, 3.63) is 156 Å². The van der Waals surface area contributed by atoms with Crippen molar-refractivity contribution in [2.75, 3.05) is 48.2 Å². The molecule has 0 atom stereocenters. The summed E-state index contributed by atoms with van der Waals surface area (Å²) in [4.78, 5) is 59.7. The van der Waals surface area contributed by atoms with Gasteiger partial charge in [0.2, 0.25) is 0 Å². The second-order valence-corrected chi connectivity index (χ2v) is 28.5. The van der Waals surface area contributed by atoms with E-state index in [0.29, 0.717) is 74.9 Å². The Bertz CT molecular complexity index is 5070. The maximum absolute atomic E-state index is 11.5. The number of benzene rings is 1. The van der Waals surface area contributed by atoms with Gasteiger partial charge < -0.3 is 47.7 Å². The molecule has 5 aromatic heterocycles. The van der Waals surface area contributed by atoms with Crippen molar-refractivity contribution in [1.82, 2.24) is 39.9 Å². The Morgan fingerprint density at radius 2 is 0.580 bits per heavy atom. The Labute approximate surface area is 763 Å². The van der Waals surface area contributed by atoms with Crippen LogP contribution in [0.1, 0.15) is 73.5 Å². The minimum Gasteiger partial charge on any atom is -0.741 e. The van der Waals surface area contributed by atoms with E-state index in [9.17, 15) is 88.6 Å². The third kappa shape index (κ3) is 62.6. The molecular weight excluding hydrogens is 2110 g/mol. The van der Waals surface area contributed by atoms with Crippen molar-refractivity contribution in [2.24, 2.45) is 20.4 Å². The Morgan fingerprint density at radius 1 is 0.382 bits per heavy atom. The maximum atomic E-state index is 11.5. The fraction of sp³-hybridized carbons (Fsp3) is 0.300. The van der Waals surface area contributed by atoms with Crippen LogP contribution in [0.25, 0.3) is 11.4 Å². The van der Waals surface area contributed by atoms with Crippen molar-refractivity contribution in [3.8, 4) is 35.7 Å². The minimum absolute atomic E-state index is 0. The Kier molecular flexibility index (Phi) is 68.1. The molecule has 5 heterocycles. The largest absolute Gasteiger partial charge is 2.00 e. The number of pyridine rings is 2. The molecule has 0 bridgehead atoms. The molecule has 71 heteroatoms. The molecule has 0 fully saturated rings. The Hall–Kier alpha value is -11.3. The molecule has 6 rings (SSSR count). The molecule has 0 saturated carbocycles. The summed E-state index contributed by atoms with van der Waals surface area (Å²) in [6.45, 7) is 16.1. The summed E-state index contributed by atoms with van der Waals surface area (Å²) in [6, 6.07) is 32.5. The minimum atomic E-state index is -6.09. The van der Waals surface area contributed by atoms with E-state index in [2.05, 4.69) is 63.5 Å². The topological polar surface area (TPSA) is 721 Å². The second kappa shape index (κ2) is 63.7. The van der Waals surface area contributed by atoms with Crippen molar-refractivity contribution in [1.29, 1.82) is 21.0 Å². The number of carbonyl (C=O) groups excluding carboxylic acids is 2. The third-order valence-corrected chi connectivity index (χ3v) is 14.0. The molecule has 1 aromatic carbocycles. The van der Waals surface area contributed by atoms with E-state index in [1.807, 2.05) is 30.3 Å². The normalized spacial score (nSPS) is 11.1. The fourth-order valence-electron chi connectivity index (χ4n) is 5.60. The number of hydrogen-bond donors (Lipinski definition) is 0. The number of anilines is 4. The molecule has 0 aliphatic rings. The summed E-state index contributed by atoms with van der Waals surface area (Å²) >= 11 is 0. The van der Waals surface area contributed by atoms with E-state index in [1.54, 1.807) is 166 Å². The van der Waals surface area contributed by atoms with Crippen LogP contribution in [0.3, 0.4) is 0 Å². The van der Waals surface area contributed by atoms with Gasteiger partial charge in [-0.3, -0.25) is 20.0 Å². The zero-order valence-corrected chi connectivity index (χ0v) is 74.3. The first kappa shape index (κ1) is 140. The van der Waals surface area contributed by atoms with Crippen LogP contribution in [0.2, 0.25) is 0 Å². The molecule has 0 amide bonds. The number of carbonyl (C=O) groups is 2. The number of esters is 2. The third-order valence-electron chi connectivity index (χ3n) is 10.6. The molecule has 0 aliphatic carbocycles. The van der Waals surface area contributed by atoms with E-state index in [1.165, 1.54) is 27.7 Å². The van der Waals surface area contributed by atoms with Crippen LogP contribution in [-0.4, -0.2) is 221 Å². The number of alkyl halides is 18. The average molecular weight is 2170 g/mol. The fourth-order valence-corrected chi connectivity index (χ4v) is 5.60. The molecule has 0 aliphatic heterocycles. The monoisotopic (exact) mass is 2170 g/mol. The van der Waals surface area contributed by atoms with Crippen LogP contribution in [0.15, 0.2) is 131 Å². The average Bonchev–Trinajstić information content (AvgIpc) is 0.817. The van der Waals surface area contributed by atoms with Gasteiger partial charge >= 0.3 is 96.2 Å². The summed E-state index contributed by atoms with van der Waals surface area (Å²) in [5.41, 5.74) is -29.8. The van der Waals surface area contributed by atoms with E-state index in [4.69, 9.17) is 118 Å². The number of nitrogens with zero attached hydrogens (tertiary/aromatic N) is 20. The van der Waals surface area contributed by atoms with Gasteiger partial charge in [0.05, 0.1) is 83.3 Å². The van der Waals surface area contributed by atoms with Gasteiger partial charge in [-0.25, -0.2) is 100.0 Å². The number of halogens is 18. The van der Waals surface area contributed by atoms with Gasteiger partial charge in [0.1, 0.15) is 24.9 Å². The second-order valence-electron chi connectivity index (χ2n) is 20.3. The van der Waals surface area contributed by atoms with Crippen LogP contribution in [-0.2, 0) is 150 Å². The van der Waals surface area contributed by atoms with Crippen molar-refractivity contribution >= 4 is 121 Å².